The summed E-state index contributed by atoms with van der Waals surface area (Å²) >= 11 is 1.10. The lowest BCUT2D eigenvalue weighted by atomic mass is 10.1. The minimum Gasteiger partial charge on any atom is -0.496 e. The van der Waals surface area contributed by atoms with Crippen LogP contribution in [0.3, 0.4) is 0 Å². The van der Waals surface area contributed by atoms with E-state index in [-0.39, 0.29) is 4.94 Å². The van der Waals surface area contributed by atoms with Crippen LogP contribution in [0.15, 0.2) is 21.3 Å². The Hall–Kier alpha value is -1.33. The molecule has 5 heteroatoms. The Labute approximate surface area is 103 Å². The highest BCUT2D eigenvalue weighted by Gasteiger charge is 2.09. The molecule has 92 valence electrons. The van der Waals surface area contributed by atoms with Crippen molar-refractivity contribution in [1.82, 2.24) is 0 Å². The number of unbranched alkanes of at least 4 members (excludes halogenated alkanes) is 1. The van der Waals surface area contributed by atoms with Gasteiger partial charge in [-0.1, -0.05) is 11.3 Å². The van der Waals surface area contributed by atoms with Crippen molar-refractivity contribution in [2.75, 3.05) is 13.7 Å². The Kier molecular flexibility index (Phi) is 3.81. The first-order valence-electron chi connectivity index (χ1n) is 5.55. The van der Waals surface area contributed by atoms with E-state index >= 15 is 0 Å². The first-order chi connectivity index (χ1) is 8.24. The third-order valence-corrected chi connectivity index (χ3v) is 3.42. The zero-order valence-corrected chi connectivity index (χ0v) is 10.5. The Morgan fingerprint density at radius 3 is 2.94 bits per heavy atom. The van der Waals surface area contributed by atoms with Crippen molar-refractivity contribution in [2.24, 2.45) is 5.73 Å². The standard InChI is InChI=1S/C12H15NO3S/c1-15-9-7-11-10(16-12(14)17-11)6-8(9)4-2-3-5-13/h6-7H,2-5,13H2,1H3. The summed E-state index contributed by atoms with van der Waals surface area (Å²) in [5, 5.41) is 0. The second-order valence-electron chi connectivity index (χ2n) is 3.81. The molecule has 0 bridgehead atoms. The van der Waals surface area contributed by atoms with Crippen molar-refractivity contribution in [2.45, 2.75) is 19.3 Å². The van der Waals surface area contributed by atoms with Gasteiger partial charge in [0.05, 0.1) is 11.8 Å². The largest absolute Gasteiger partial charge is 0.496 e. The second-order valence-corrected chi connectivity index (χ2v) is 4.79. The average molecular weight is 253 g/mol. The lowest BCUT2D eigenvalue weighted by Crippen LogP contribution is -1.99. The average Bonchev–Trinajstić information content (AvgIpc) is 2.67. The maximum Gasteiger partial charge on any atom is 0.396 e. The van der Waals surface area contributed by atoms with E-state index in [2.05, 4.69) is 0 Å². The fraction of sp³-hybridized carbons (Fsp3) is 0.417. The van der Waals surface area contributed by atoms with Gasteiger partial charge >= 0.3 is 4.94 Å². The number of methoxy groups -OCH3 is 1. The molecule has 2 N–H and O–H groups in total. The van der Waals surface area contributed by atoms with Crippen molar-refractivity contribution in [3.05, 3.63) is 27.4 Å². The van der Waals surface area contributed by atoms with Crippen molar-refractivity contribution >= 4 is 21.6 Å². The van der Waals surface area contributed by atoms with E-state index in [1.54, 1.807) is 7.11 Å². The SMILES string of the molecule is COc1cc2sc(=O)oc2cc1CCCCN. The summed E-state index contributed by atoms with van der Waals surface area (Å²) in [6, 6.07) is 3.76. The van der Waals surface area contributed by atoms with E-state index in [9.17, 15) is 4.79 Å². The topological polar surface area (TPSA) is 65.5 Å². The molecule has 0 fully saturated rings. The van der Waals surface area contributed by atoms with Crippen LogP contribution < -0.4 is 15.4 Å². The molecule has 2 aromatic rings. The highest BCUT2D eigenvalue weighted by atomic mass is 32.1. The molecular weight excluding hydrogens is 238 g/mol. The van der Waals surface area contributed by atoms with Gasteiger partial charge in [-0.3, -0.25) is 0 Å². The maximum absolute atomic E-state index is 11.2. The summed E-state index contributed by atoms with van der Waals surface area (Å²) in [7, 11) is 1.64. The minimum absolute atomic E-state index is 0.277. The van der Waals surface area contributed by atoms with Gasteiger partial charge < -0.3 is 14.9 Å². The molecule has 0 unspecified atom stereocenters. The zero-order valence-electron chi connectivity index (χ0n) is 9.69. The Morgan fingerprint density at radius 2 is 2.24 bits per heavy atom. The Balaban J connectivity index is 2.34. The van der Waals surface area contributed by atoms with E-state index in [0.717, 1.165) is 46.6 Å². The third kappa shape index (κ3) is 2.68. The van der Waals surface area contributed by atoms with Crippen LogP contribution in [0.4, 0.5) is 0 Å². The molecule has 0 amide bonds. The molecule has 1 heterocycles. The van der Waals surface area contributed by atoms with E-state index < -0.39 is 0 Å². The van der Waals surface area contributed by atoms with Crippen molar-refractivity contribution in [1.29, 1.82) is 0 Å². The number of rotatable bonds is 5. The molecule has 0 atom stereocenters. The highest BCUT2D eigenvalue weighted by Crippen LogP contribution is 2.28. The van der Waals surface area contributed by atoms with Crippen LogP contribution in [-0.2, 0) is 6.42 Å². The van der Waals surface area contributed by atoms with Crippen LogP contribution in [0.2, 0.25) is 0 Å². The molecule has 0 spiro atoms. The van der Waals surface area contributed by atoms with Gasteiger partial charge in [0.25, 0.3) is 0 Å². The lowest BCUT2D eigenvalue weighted by molar-refractivity contribution is 0.409. The van der Waals surface area contributed by atoms with Crippen LogP contribution in [0.5, 0.6) is 5.75 Å². The second kappa shape index (κ2) is 5.33. The Bertz CT molecular complexity index is 558. The molecule has 1 aromatic heterocycles. The van der Waals surface area contributed by atoms with Gasteiger partial charge in [0.2, 0.25) is 0 Å². The van der Waals surface area contributed by atoms with Gasteiger partial charge in [0.1, 0.15) is 11.3 Å². The minimum atomic E-state index is -0.277. The van der Waals surface area contributed by atoms with Gasteiger partial charge in [0.15, 0.2) is 0 Å². The number of hydrogen-bond acceptors (Lipinski definition) is 5. The number of benzene rings is 1. The molecular formula is C12H15NO3S. The molecule has 0 aliphatic carbocycles. The van der Waals surface area contributed by atoms with E-state index in [1.807, 2.05) is 12.1 Å². The van der Waals surface area contributed by atoms with Crippen molar-refractivity contribution in [3.8, 4) is 5.75 Å². The van der Waals surface area contributed by atoms with Gasteiger partial charge in [0, 0.05) is 6.07 Å². The number of nitrogens with two attached hydrogens (primary N) is 1. The monoisotopic (exact) mass is 253 g/mol. The first-order valence-corrected chi connectivity index (χ1v) is 6.37. The summed E-state index contributed by atoms with van der Waals surface area (Å²) in [6.07, 6.45) is 2.87. The molecule has 0 aliphatic heterocycles. The molecule has 17 heavy (non-hydrogen) atoms. The molecule has 4 nitrogen and oxygen atoms in total. The van der Waals surface area contributed by atoms with Crippen LogP contribution in [0.1, 0.15) is 18.4 Å². The number of fused-ring (bicyclic) bond motifs is 1. The summed E-state index contributed by atoms with van der Waals surface area (Å²) in [5.74, 6) is 0.812. The van der Waals surface area contributed by atoms with Crippen LogP contribution in [-0.4, -0.2) is 13.7 Å². The molecule has 2 rings (SSSR count). The summed E-state index contributed by atoms with van der Waals surface area (Å²) in [5.41, 5.74) is 7.17. The molecule has 0 saturated carbocycles. The van der Waals surface area contributed by atoms with Crippen LogP contribution in [0, 0.1) is 0 Å². The molecule has 0 aliphatic rings. The fourth-order valence-electron chi connectivity index (χ4n) is 1.79. The molecule has 1 aromatic carbocycles. The smallest absolute Gasteiger partial charge is 0.396 e. The van der Waals surface area contributed by atoms with E-state index in [0.29, 0.717) is 12.1 Å². The third-order valence-electron chi connectivity index (χ3n) is 2.63. The van der Waals surface area contributed by atoms with Crippen LogP contribution in [0.25, 0.3) is 10.3 Å². The number of aryl methyl sites for hydroxylation is 1. The fourth-order valence-corrected chi connectivity index (χ4v) is 2.47. The van der Waals surface area contributed by atoms with Gasteiger partial charge in [-0.05, 0) is 37.4 Å². The Morgan fingerprint density at radius 1 is 1.41 bits per heavy atom. The maximum atomic E-state index is 11.2. The summed E-state index contributed by atoms with van der Waals surface area (Å²) < 4.78 is 11.3. The first kappa shape index (κ1) is 12.1. The zero-order chi connectivity index (χ0) is 12.3. The van der Waals surface area contributed by atoms with Crippen molar-refractivity contribution < 1.29 is 9.15 Å². The lowest BCUT2D eigenvalue weighted by Gasteiger charge is -2.07. The van der Waals surface area contributed by atoms with Gasteiger partial charge in [-0.2, -0.15) is 0 Å². The normalized spacial score (nSPS) is 10.9. The predicted molar refractivity (Wildman–Crippen MR) is 68.9 cm³/mol. The summed E-state index contributed by atoms with van der Waals surface area (Å²) in [6.45, 7) is 0.693. The number of ether oxygens (including phenoxy) is 1. The quantitative estimate of drug-likeness (QED) is 0.829. The summed E-state index contributed by atoms with van der Waals surface area (Å²) in [4.78, 5) is 10.9. The molecule has 0 saturated heterocycles. The van der Waals surface area contributed by atoms with E-state index in [1.165, 1.54) is 0 Å². The van der Waals surface area contributed by atoms with Crippen molar-refractivity contribution in [3.63, 3.8) is 0 Å². The number of hydrogen-bond donors (Lipinski definition) is 1. The van der Waals surface area contributed by atoms with Gasteiger partial charge in [-0.25, -0.2) is 4.79 Å². The van der Waals surface area contributed by atoms with Gasteiger partial charge in [-0.15, -0.1) is 0 Å². The highest BCUT2D eigenvalue weighted by molar-refractivity contribution is 7.16. The molecule has 0 radical (unpaired) electrons. The predicted octanol–water partition coefficient (Wildman–Crippen LogP) is 2.14. The van der Waals surface area contributed by atoms with E-state index in [4.69, 9.17) is 14.9 Å². The van der Waals surface area contributed by atoms with Crippen LogP contribution >= 0.6 is 11.3 Å².